The molecule has 0 amide bonds. The molecule has 0 bridgehead atoms. The Morgan fingerprint density at radius 3 is 2.66 bits per heavy atom. The summed E-state index contributed by atoms with van der Waals surface area (Å²) >= 11 is 0. The summed E-state index contributed by atoms with van der Waals surface area (Å²) in [5, 5.41) is 14.0. The number of fused-ring (bicyclic) bond motifs is 1. The van der Waals surface area contributed by atoms with Gasteiger partial charge in [-0.15, -0.1) is 0 Å². The van der Waals surface area contributed by atoms with Crippen LogP contribution in [0.15, 0.2) is 57.5 Å². The molecule has 4 rings (SSSR count). The van der Waals surface area contributed by atoms with Crippen LogP contribution in [0.4, 0.5) is 0 Å². The van der Waals surface area contributed by atoms with Crippen molar-refractivity contribution in [2.75, 3.05) is 0 Å². The summed E-state index contributed by atoms with van der Waals surface area (Å²) in [4.78, 5) is 15.6. The van der Waals surface area contributed by atoms with Crippen molar-refractivity contribution in [3.63, 3.8) is 0 Å². The van der Waals surface area contributed by atoms with Crippen molar-refractivity contribution in [2.45, 2.75) is 32.8 Å². The second-order valence-corrected chi connectivity index (χ2v) is 6.77. The molecule has 1 N–H and O–H groups in total. The van der Waals surface area contributed by atoms with Gasteiger partial charge in [0, 0.05) is 17.0 Å². The van der Waals surface area contributed by atoms with Crippen LogP contribution < -0.4 is 4.74 Å². The molecular formula is C22H20N2O5. The molecule has 2 aromatic heterocycles. The summed E-state index contributed by atoms with van der Waals surface area (Å²) < 4.78 is 16.6. The molecule has 0 fully saturated rings. The predicted octanol–water partition coefficient (Wildman–Crippen LogP) is 4.43. The van der Waals surface area contributed by atoms with Crippen LogP contribution in [0.3, 0.4) is 0 Å². The zero-order chi connectivity index (χ0) is 20.4. The number of hydrogen-bond acceptors (Lipinski definition) is 6. The van der Waals surface area contributed by atoms with Crippen molar-refractivity contribution in [2.24, 2.45) is 0 Å². The smallest absolute Gasteiger partial charge is 0.344 e. The van der Waals surface area contributed by atoms with E-state index in [0.717, 1.165) is 28.1 Å². The highest BCUT2D eigenvalue weighted by molar-refractivity contribution is 5.81. The van der Waals surface area contributed by atoms with Crippen LogP contribution in [0.5, 0.6) is 5.75 Å². The van der Waals surface area contributed by atoms with Gasteiger partial charge in [0.2, 0.25) is 5.89 Å². The van der Waals surface area contributed by atoms with Gasteiger partial charge in [-0.2, -0.15) is 0 Å². The van der Waals surface area contributed by atoms with E-state index >= 15 is 0 Å². The third-order valence-corrected chi connectivity index (χ3v) is 4.69. The van der Waals surface area contributed by atoms with E-state index in [4.69, 9.17) is 18.8 Å². The van der Waals surface area contributed by atoms with Crippen LogP contribution in [0.25, 0.3) is 22.4 Å². The van der Waals surface area contributed by atoms with E-state index in [1.807, 2.05) is 43.3 Å². The van der Waals surface area contributed by atoms with Crippen molar-refractivity contribution in [3.05, 3.63) is 65.7 Å². The molecule has 2 heterocycles. The standard InChI is InChI=1S/C22H20N2O5/c1-13-18(23-21(28-13)15-6-4-3-5-7-15)10-11-19-17-9-8-16(12-20(17)29-24-19)27-14(2)22(25)26/h3-9,12,14H,10-11H2,1-2H3,(H,25,26). The van der Waals surface area contributed by atoms with Gasteiger partial charge in [-0.25, -0.2) is 9.78 Å². The average Bonchev–Trinajstić information content (AvgIpc) is 3.29. The number of aliphatic carboxylic acids is 1. The van der Waals surface area contributed by atoms with E-state index in [0.29, 0.717) is 30.1 Å². The Balaban J connectivity index is 1.49. The summed E-state index contributed by atoms with van der Waals surface area (Å²) in [7, 11) is 0. The quantitative estimate of drug-likeness (QED) is 0.497. The molecule has 0 aliphatic rings. The van der Waals surface area contributed by atoms with E-state index < -0.39 is 12.1 Å². The topological polar surface area (TPSA) is 98.6 Å². The molecule has 7 heteroatoms. The summed E-state index contributed by atoms with van der Waals surface area (Å²) in [5.41, 5.74) is 3.19. The molecule has 0 aliphatic heterocycles. The van der Waals surface area contributed by atoms with Crippen LogP contribution in [-0.2, 0) is 17.6 Å². The van der Waals surface area contributed by atoms with Crippen molar-refractivity contribution in [1.29, 1.82) is 0 Å². The van der Waals surface area contributed by atoms with Gasteiger partial charge in [-0.05, 0) is 51.0 Å². The normalized spacial score (nSPS) is 12.2. The second-order valence-electron chi connectivity index (χ2n) is 6.77. The van der Waals surface area contributed by atoms with Crippen LogP contribution in [0.1, 0.15) is 24.1 Å². The van der Waals surface area contributed by atoms with Crippen LogP contribution in [-0.4, -0.2) is 27.3 Å². The van der Waals surface area contributed by atoms with Gasteiger partial charge in [0.15, 0.2) is 11.7 Å². The number of aryl methyl sites for hydroxylation is 3. The molecule has 7 nitrogen and oxygen atoms in total. The van der Waals surface area contributed by atoms with E-state index in [9.17, 15) is 4.79 Å². The first-order valence-corrected chi connectivity index (χ1v) is 9.31. The number of benzene rings is 2. The van der Waals surface area contributed by atoms with E-state index in [2.05, 4.69) is 10.1 Å². The van der Waals surface area contributed by atoms with Gasteiger partial charge in [0.1, 0.15) is 11.5 Å². The highest BCUT2D eigenvalue weighted by Gasteiger charge is 2.16. The molecule has 1 atom stereocenters. The number of oxazole rings is 1. The lowest BCUT2D eigenvalue weighted by Gasteiger charge is -2.09. The summed E-state index contributed by atoms with van der Waals surface area (Å²) in [5.74, 6) is 0.795. The highest BCUT2D eigenvalue weighted by atomic mass is 16.5. The number of rotatable bonds is 7. The molecule has 0 radical (unpaired) electrons. The first-order valence-electron chi connectivity index (χ1n) is 9.31. The number of carboxylic acid groups (broad SMARTS) is 1. The molecule has 29 heavy (non-hydrogen) atoms. The zero-order valence-electron chi connectivity index (χ0n) is 16.1. The van der Waals surface area contributed by atoms with Crippen molar-refractivity contribution < 1.29 is 23.6 Å². The minimum atomic E-state index is -1.03. The van der Waals surface area contributed by atoms with E-state index in [1.54, 1.807) is 12.1 Å². The molecule has 148 valence electrons. The number of carboxylic acids is 1. The predicted molar refractivity (Wildman–Crippen MR) is 106 cm³/mol. The van der Waals surface area contributed by atoms with Gasteiger partial charge in [0.25, 0.3) is 0 Å². The lowest BCUT2D eigenvalue weighted by atomic mass is 10.1. The first-order chi connectivity index (χ1) is 14.0. The van der Waals surface area contributed by atoms with E-state index in [-0.39, 0.29) is 0 Å². The number of nitrogens with zero attached hydrogens (tertiary/aromatic N) is 2. The molecule has 4 aromatic rings. The fourth-order valence-corrected chi connectivity index (χ4v) is 3.08. The van der Waals surface area contributed by atoms with Crippen molar-refractivity contribution >= 4 is 16.9 Å². The monoisotopic (exact) mass is 392 g/mol. The Morgan fingerprint density at radius 1 is 1.14 bits per heavy atom. The lowest BCUT2D eigenvalue weighted by molar-refractivity contribution is -0.144. The van der Waals surface area contributed by atoms with Crippen LogP contribution >= 0.6 is 0 Å². The molecular weight excluding hydrogens is 372 g/mol. The molecule has 0 saturated heterocycles. The third-order valence-electron chi connectivity index (χ3n) is 4.69. The summed E-state index contributed by atoms with van der Waals surface area (Å²) in [6, 6.07) is 15.0. The zero-order valence-corrected chi connectivity index (χ0v) is 16.1. The molecule has 1 unspecified atom stereocenters. The molecule has 0 aliphatic carbocycles. The highest BCUT2D eigenvalue weighted by Crippen LogP contribution is 2.26. The Labute approximate surface area is 166 Å². The largest absolute Gasteiger partial charge is 0.479 e. The Hall–Kier alpha value is -3.61. The SMILES string of the molecule is Cc1oc(-c2ccccc2)nc1CCc1noc2cc(OC(C)C(=O)O)ccc12. The Kier molecular flexibility index (Phi) is 5.03. The van der Waals surface area contributed by atoms with Gasteiger partial charge in [-0.3, -0.25) is 0 Å². The third kappa shape index (κ3) is 3.99. The van der Waals surface area contributed by atoms with Crippen molar-refractivity contribution in [1.82, 2.24) is 10.1 Å². The number of ether oxygens (including phenoxy) is 1. The fourth-order valence-electron chi connectivity index (χ4n) is 3.08. The van der Waals surface area contributed by atoms with Crippen LogP contribution in [0.2, 0.25) is 0 Å². The minimum Gasteiger partial charge on any atom is -0.479 e. The van der Waals surface area contributed by atoms with Gasteiger partial charge in [0.05, 0.1) is 11.4 Å². The van der Waals surface area contributed by atoms with E-state index in [1.165, 1.54) is 6.92 Å². The number of carbonyl (C=O) groups is 1. The van der Waals surface area contributed by atoms with Gasteiger partial charge < -0.3 is 18.8 Å². The lowest BCUT2D eigenvalue weighted by Crippen LogP contribution is -2.22. The average molecular weight is 392 g/mol. The Bertz CT molecular complexity index is 1150. The molecule has 2 aromatic carbocycles. The van der Waals surface area contributed by atoms with Crippen molar-refractivity contribution in [3.8, 4) is 17.2 Å². The summed E-state index contributed by atoms with van der Waals surface area (Å²) in [6.07, 6.45) is 0.363. The number of hydrogen-bond donors (Lipinski definition) is 1. The summed E-state index contributed by atoms with van der Waals surface area (Å²) in [6.45, 7) is 3.38. The number of aromatic nitrogens is 2. The maximum absolute atomic E-state index is 10.9. The second kappa shape index (κ2) is 7.79. The first kappa shape index (κ1) is 18.7. The maximum atomic E-state index is 10.9. The van der Waals surface area contributed by atoms with Crippen LogP contribution in [0, 0.1) is 6.92 Å². The fraction of sp³-hybridized carbons (Fsp3) is 0.227. The minimum absolute atomic E-state index is 0.426. The maximum Gasteiger partial charge on any atom is 0.344 e. The van der Waals surface area contributed by atoms with Gasteiger partial charge in [-0.1, -0.05) is 23.4 Å². The molecule has 0 saturated carbocycles. The van der Waals surface area contributed by atoms with Gasteiger partial charge >= 0.3 is 5.97 Å². The Morgan fingerprint density at radius 2 is 1.90 bits per heavy atom. The molecule has 0 spiro atoms.